The number of halogens is 4. The molecule has 0 spiro atoms. The standard InChI is InChI=1S/C23H26F4N4O4/c1-22(2,3)35-21(34)29-19(16-12-28-13-17(16)23(24,25)26)20(33)31(27)15-9-7-14(8-10-15)30-11-5-4-6-18(30)32/h4-11,16-17,19,28H,12-13H2,1-3H3,(H,29,34)/t16-,17+,19?/m0/s1. The van der Waals surface area contributed by atoms with Gasteiger partial charge < -0.3 is 15.4 Å². The predicted molar refractivity (Wildman–Crippen MR) is 120 cm³/mol. The number of rotatable bonds is 5. The Hall–Kier alpha value is -3.41. The smallest absolute Gasteiger partial charge is 0.408 e. The number of alkyl halides is 3. The Labute approximate surface area is 198 Å². The Morgan fingerprint density at radius 2 is 1.77 bits per heavy atom. The summed E-state index contributed by atoms with van der Waals surface area (Å²) in [6, 6.07) is 7.81. The van der Waals surface area contributed by atoms with Crippen LogP contribution in [0.15, 0.2) is 53.5 Å². The molecule has 0 saturated carbocycles. The highest BCUT2D eigenvalue weighted by atomic mass is 19.4. The Balaban J connectivity index is 1.87. The fraction of sp³-hybridized carbons (Fsp3) is 0.435. The molecular weight excluding hydrogens is 472 g/mol. The summed E-state index contributed by atoms with van der Waals surface area (Å²) < 4.78 is 62.3. The molecule has 0 bridgehead atoms. The van der Waals surface area contributed by atoms with E-state index in [1.54, 1.807) is 32.9 Å². The molecule has 12 heteroatoms. The van der Waals surface area contributed by atoms with Crippen LogP contribution >= 0.6 is 0 Å². The third kappa shape index (κ3) is 6.38. The lowest BCUT2D eigenvalue weighted by atomic mass is 9.87. The fourth-order valence-corrected chi connectivity index (χ4v) is 3.83. The first kappa shape index (κ1) is 26.2. The number of nitrogens with zero attached hydrogens (tertiary/aromatic N) is 2. The number of alkyl carbamates (subject to hydrolysis) is 1. The second-order valence-corrected chi connectivity index (χ2v) is 9.14. The van der Waals surface area contributed by atoms with Crippen molar-refractivity contribution in [2.45, 2.75) is 38.6 Å². The van der Waals surface area contributed by atoms with Gasteiger partial charge in [-0.25, -0.2) is 4.79 Å². The molecule has 3 atom stereocenters. The number of anilines is 1. The van der Waals surface area contributed by atoms with Gasteiger partial charge in [-0.1, -0.05) is 10.5 Å². The summed E-state index contributed by atoms with van der Waals surface area (Å²) in [6.07, 6.45) is -4.31. The first-order chi connectivity index (χ1) is 16.3. The molecule has 1 aromatic carbocycles. The van der Waals surface area contributed by atoms with Crippen LogP contribution in [0.2, 0.25) is 0 Å². The van der Waals surface area contributed by atoms with Crippen LogP contribution in [0.4, 0.5) is 28.1 Å². The second-order valence-electron chi connectivity index (χ2n) is 9.14. The Morgan fingerprint density at radius 3 is 2.34 bits per heavy atom. The first-order valence-electron chi connectivity index (χ1n) is 10.8. The molecule has 0 aliphatic carbocycles. The number of nitrogens with one attached hydrogen (secondary N) is 2. The van der Waals surface area contributed by atoms with Gasteiger partial charge in [0.25, 0.3) is 11.5 Å². The highest BCUT2D eigenvalue weighted by Crippen LogP contribution is 2.37. The van der Waals surface area contributed by atoms with E-state index in [-0.39, 0.29) is 22.9 Å². The van der Waals surface area contributed by atoms with Gasteiger partial charge in [0, 0.05) is 37.0 Å². The number of pyridine rings is 1. The molecule has 2 N–H and O–H groups in total. The Morgan fingerprint density at radius 1 is 1.11 bits per heavy atom. The van der Waals surface area contributed by atoms with Crippen molar-refractivity contribution in [3.8, 4) is 5.69 Å². The maximum absolute atomic E-state index is 15.2. The zero-order chi connectivity index (χ0) is 26.0. The number of aromatic nitrogens is 1. The second kappa shape index (κ2) is 10.1. The third-order valence-electron chi connectivity index (χ3n) is 5.42. The molecule has 2 heterocycles. The zero-order valence-electron chi connectivity index (χ0n) is 19.3. The van der Waals surface area contributed by atoms with Crippen molar-refractivity contribution < 1.29 is 32.0 Å². The van der Waals surface area contributed by atoms with Crippen LogP contribution in [0.25, 0.3) is 5.69 Å². The Kier molecular flexibility index (Phi) is 7.53. The molecule has 190 valence electrons. The lowest BCUT2D eigenvalue weighted by Gasteiger charge is -2.31. The molecule has 2 amide bonds. The molecule has 1 fully saturated rings. The van der Waals surface area contributed by atoms with Crippen LogP contribution in [-0.2, 0) is 9.53 Å². The first-order valence-corrected chi connectivity index (χ1v) is 10.8. The molecule has 1 aliphatic rings. The van der Waals surface area contributed by atoms with Gasteiger partial charge in [-0.3, -0.25) is 14.2 Å². The van der Waals surface area contributed by atoms with Crippen molar-refractivity contribution >= 4 is 17.7 Å². The summed E-state index contributed by atoms with van der Waals surface area (Å²) in [4.78, 5) is 37.3. The van der Waals surface area contributed by atoms with Crippen LogP contribution < -0.4 is 21.3 Å². The van der Waals surface area contributed by atoms with Crippen molar-refractivity contribution in [2.24, 2.45) is 11.8 Å². The SMILES string of the molecule is CC(C)(C)OC(=O)NC(C(=O)N(F)c1ccc(-n2ccccc2=O)cc1)[C@H]1CNC[C@H]1C(F)(F)F. The lowest BCUT2D eigenvalue weighted by Crippen LogP contribution is -2.54. The largest absolute Gasteiger partial charge is 0.444 e. The minimum Gasteiger partial charge on any atom is -0.444 e. The average molecular weight is 498 g/mol. The van der Waals surface area contributed by atoms with Crippen LogP contribution in [0, 0.1) is 11.8 Å². The molecule has 1 saturated heterocycles. The molecule has 35 heavy (non-hydrogen) atoms. The molecular formula is C23H26F4N4O4. The summed E-state index contributed by atoms with van der Waals surface area (Å²) in [7, 11) is 0. The van der Waals surface area contributed by atoms with Gasteiger partial charge in [-0.15, -0.1) is 5.12 Å². The topological polar surface area (TPSA) is 92.7 Å². The van der Waals surface area contributed by atoms with E-state index in [1.165, 1.54) is 41.1 Å². The number of carbonyl (C=O) groups is 2. The van der Waals surface area contributed by atoms with Crippen LogP contribution in [0.5, 0.6) is 0 Å². The molecule has 1 aromatic heterocycles. The van der Waals surface area contributed by atoms with E-state index in [0.29, 0.717) is 5.69 Å². The maximum Gasteiger partial charge on any atom is 0.408 e. The molecule has 1 unspecified atom stereocenters. The van der Waals surface area contributed by atoms with Crippen molar-refractivity contribution in [3.63, 3.8) is 0 Å². The summed E-state index contributed by atoms with van der Waals surface area (Å²) in [5, 5.41) is 4.38. The number of benzene rings is 1. The van der Waals surface area contributed by atoms with E-state index in [4.69, 9.17) is 4.74 Å². The molecule has 2 aromatic rings. The number of ether oxygens (including phenoxy) is 1. The minimum atomic E-state index is -4.67. The quantitative estimate of drug-likeness (QED) is 0.487. The minimum absolute atomic E-state index is 0.264. The van der Waals surface area contributed by atoms with Gasteiger partial charge in [-0.2, -0.15) is 13.2 Å². The van der Waals surface area contributed by atoms with Gasteiger partial charge in [0.1, 0.15) is 11.6 Å². The average Bonchev–Trinajstić information content (AvgIpc) is 3.26. The summed E-state index contributed by atoms with van der Waals surface area (Å²) in [5.41, 5.74) is -1.22. The highest BCUT2D eigenvalue weighted by molar-refractivity contribution is 5.97. The van der Waals surface area contributed by atoms with Crippen molar-refractivity contribution in [3.05, 3.63) is 59.0 Å². The third-order valence-corrected chi connectivity index (χ3v) is 5.42. The van der Waals surface area contributed by atoms with E-state index in [0.717, 1.165) is 0 Å². The van der Waals surface area contributed by atoms with Crippen molar-refractivity contribution in [1.82, 2.24) is 15.2 Å². The van der Waals surface area contributed by atoms with Crippen LogP contribution in [0.3, 0.4) is 0 Å². The van der Waals surface area contributed by atoms with E-state index in [1.807, 2.05) is 0 Å². The number of hydrogen-bond acceptors (Lipinski definition) is 5. The van der Waals surface area contributed by atoms with Crippen molar-refractivity contribution in [2.75, 3.05) is 18.2 Å². The van der Waals surface area contributed by atoms with Crippen LogP contribution in [0.1, 0.15) is 20.8 Å². The fourth-order valence-electron chi connectivity index (χ4n) is 3.83. The molecule has 8 nitrogen and oxygen atoms in total. The monoisotopic (exact) mass is 498 g/mol. The van der Waals surface area contributed by atoms with Gasteiger partial charge >= 0.3 is 12.3 Å². The van der Waals surface area contributed by atoms with E-state index >= 15 is 4.48 Å². The van der Waals surface area contributed by atoms with Gasteiger partial charge in [0.2, 0.25) is 0 Å². The van der Waals surface area contributed by atoms with Gasteiger partial charge in [-0.05, 0) is 51.1 Å². The number of carbonyl (C=O) groups excluding carboxylic acids is 2. The van der Waals surface area contributed by atoms with E-state index < -0.39 is 48.2 Å². The summed E-state index contributed by atoms with van der Waals surface area (Å²) in [5.74, 6) is -4.83. The molecule has 0 radical (unpaired) electrons. The number of amides is 2. The predicted octanol–water partition coefficient (Wildman–Crippen LogP) is 3.35. The number of hydrogen-bond donors (Lipinski definition) is 2. The van der Waals surface area contributed by atoms with Crippen molar-refractivity contribution in [1.29, 1.82) is 0 Å². The van der Waals surface area contributed by atoms with E-state index in [2.05, 4.69) is 10.6 Å². The van der Waals surface area contributed by atoms with Crippen LogP contribution in [-0.4, -0.2) is 47.5 Å². The summed E-state index contributed by atoms with van der Waals surface area (Å²) >= 11 is 0. The lowest BCUT2D eigenvalue weighted by molar-refractivity contribution is -0.181. The Bertz CT molecular complexity index is 1110. The highest BCUT2D eigenvalue weighted by Gasteiger charge is 2.52. The van der Waals surface area contributed by atoms with Gasteiger partial charge in [0.05, 0.1) is 11.6 Å². The zero-order valence-corrected chi connectivity index (χ0v) is 19.3. The molecule has 3 rings (SSSR count). The maximum atomic E-state index is 15.2. The van der Waals surface area contributed by atoms with E-state index in [9.17, 15) is 27.6 Å². The van der Waals surface area contributed by atoms with Gasteiger partial charge in [0.15, 0.2) is 0 Å². The normalized spacial score (nSPS) is 19.2. The summed E-state index contributed by atoms with van der Waals surface area (Å²) in [6.45, 7) is 3.89. The molecule has 1 aliphatic heterocycles.